The van der Waals surface area contributed by atoms with Gasteiger partial charge in [0.1, 0.15) is 11.6 Å². The van der Waals surface area contributed by atoms with Gasteiger partial charge < -0.3 is 4.74 Å². The summed E-state index contributed by atoms with van der Waals surface area (Å²) in [6, 6.07) is 4.79. The van der Waals surface area contributed by atoms with E-state index in [9.17, 15) is 31.1 Å². The van der Waals surface area contributed by atoms with E-state index in [-0.39, 0.29) is 5.56 Å². The summed E-state index contributed by atoms with van der Waals surface area (Å²) in [5, 5.41) is 3.37. The number of alkyl halides is 3. The smallest absolute Gasteiger partial charge is 0.406 e. The fraction of sp³-hybridized carbons (Fsp3) is 0.0667. The molecule has 0 aliphatic rings. The molecule has 0 unspecified atom stereocenters. The number of nitrogens with one attached hydrogen (secondary N) is 1. The average molecular weight is 362 g/mol. The van der Waals surface area contributed by atoms with E-state index in [4.69, 9.17) is 0 Å². The van der Waals surface area contributed by atoms with Crippen LogP contribution in [0.25, 0.3) is 0 Å². The normalized spacial score (nSPS) is 11.6. The van der Waals surface area contributed by atoms with Crippen molar-refractivity contribution in [2.45, 2.75) is 6.36 Å². The number of hydrogen-bond acceptors (Lipinski definition) is 3. The van der Waals surface area contributed by atoms with Gasteiger partial charge in [-0.1, -0.05) is 0 Å². The van der Waals surface area contributed by atoms with Crippen molar-refractivity contribution in [3.05, 3.63) is 65.0 Å². The van der Waals surface area contributed by atoms with Crippen LogP contribution < -0.4 is 10.2 Å². The van der Waals surface area contributed by atoms with Crippen molar-refractivity contribution in [2.75, 3.05) is 0 Å². The predicted octanol–water partition coefficient (Wildman–Crippen LogP) is 3.77. The molecule has 2 aromatic carbocycles. The first-order valence-corrected chi connectivity index (χ1v) is 6.49. The van der Waals surface area contributed by atoms with Gasteiger partial charge in [0.25, 0.3) is 5.91 Å². The van der Waals surface area contributed by atoms with Crippen molar-refractivity contribution in [1.82, 2.24) is 5.43 Å². The molecular formula is C15H8F6N2O2. The minimum atomic E-state index is -4.86. The monoisotopic (exact) mass is 362 g/mol. The van der Waals surface area contributed by atoms with Gasteiger partial charge in [-0.15, -0.1) is 13.2 Å². The Labute approximate surface area is 136 Å². The SMILES string of the molecule is O=C(NN=Cc1cc(F)c(F)cc1F)c1ccc(OC(F)(F)F)cc1. The number of amides is 1. The van der Waals surface area contributed by atoms with E-state index in [1.165, 1.54) is 0 Å². The highest BCUT2D eigenvalue weighted by Gasteiger charge is 2.31. The van der Waals surface area contributed by atoms with Crippen LogP contribution in [0.1, 0.15) is 15.9 Å². The van der Waals surface area contributed by atoms with Crippen molar-refractivity contribution >= 4 is 12.1 Å². The van der Waals surface area contributed by atoms with Crippen LogP contribution in [-0.4, -0.2) is 18.5 Å². The number of hydrazone groups is 1. The first kappa shape index (κ1) is 18.3. The molecular weight excluding hydrogens is 354 g/mol. The van der Waals surface area contributed by atoms with E-state index in [1.54, 1.807) is 0 Å². The summed E-state index contributed by atoms with van der Waals surface area (Å²) >= 11 is 0. The van der Waals surface area contributed by atoms with Gasteiger partial charge in [-0.25, -0.2) is 18.6 Å². The molecule has 0 saturated carbocycles. The molecule has 0 aliphatic heterocycles. The number of carbonyl (C=O) groups excluding carboxylic acids is 1. The average Bonchev–Trinajstić information content (AvgIpc) is 2.51. The molecule has 0 heterocycles. The summed E-state index contributed by atoms with van der Waals surface area (Å²) in [5.41, 5.74) is 1.49. The Bertz CT molecular complexity index is 803. The van der Waals surface area contributed by atoms with Crippen molar-refractivity contribution in [2.24, 2.45) is 5.10 Å². The van der Waals surface area contributed by atoms with Gasteiger partial charge in [0.2, 0.25) is 0 Å². The van der Waals surface area contributed by atoms with Crippen LogP contribution in [0.15, 0.2) is 41.5 Å². The lowest BCUT2D eigenvalue weighted by Crippen LogP contribution is -2.19. The largest absolute Gasteiger partial charge is 0.573 e. The molecule has 0 radical (unpaired) electrons. The fourth-order valence-corrected chi connectivity index (χ4v) is 1.67. The van der Waals surface area contributed by atoms with Crippen molar-refractivity contribution in [3.63, 3.8) is 0 Å². The van der Waals surface area contributed by atoms with Gasteiger partial charge in [0.05, 0.1) is 6.21 Å². The molecule has 0 saturated heterocycles. The van der Waals surface area contributed by atoms with Crippen LogP contribution in [0.3, 0.4) is 0 Å². The van der Waals surface area contributed by atoms with Gasteiger partial charge in [0.15, 0.2) is 11.6 Å². The molecule has 1 N–H and O–H groups in total. The highest BCUT2D eigenvalue weighted by atomic mass is 19.4. The second-order valence-corrected chi connectivity index (χ2v) is 4.56. The minimum absolute atomic E-state index is 0.0579. The van der Waals surface area contributed by atoms with E-state index in [0.717, 1.165) is 30.5 Å². The molecule has 0 aromatic heterocycles. The number of hydrogen-bond donors (Lipinski definition) is 1. The van der Waals surface area contributed by atoms with E-state index in [1.807, 2.05) is 5.43 Å². The van der Waals surface area contributed by atoms with Gasteiger partial charge in [-0.2, -0.15) is 5.10 Å². The molecule has 0 atom stereocenters. The quantitative estimate of drug-likeness (QED) is 0.390. The van der Waals surface area contributed by atoms with Crippen LogP contribution in [0.2, 0.25) is 0 Å². The first-order valence-electron chi connectivity index (χ1n) is 6.49. The van der Waals surface area contributed by atoms with E-state index >= 15 is 0 Å². The summed E-state index contributed by atoms with van der Waals surface area (Å²) < 4.78 is 78.8. The summed E-state index contributed by atoms with van der Waals surface area (Å²) in [5.74, 6) is -5.10. The standard InChI is InChI=1S/C15H8F6N2O2/c16-11-6-13(18)12(17)5-9(11)7-22-23-14(24)8-1-3-10(4-2-8)25-15(19,20)21/h1-7H,(H,23,24). The third-order valence-electron chi connectivity index (χ3n) is 2.76. The van der Waals surface area contributed by atoms with E-state index in [0.29, 0.717) is 12.1 Å². The van der Waals surface area contributed by atoms with Crippen molar-refractivity contribution in [3.8, 4) is 5.75 Å². The fourth-order valence-electron chi connectivity index (χ4n) is 1.67. The van der Waals surface area contributed by atoms with Crippen LogP contribution in [0.5, 0.6) is 5.75 Å². The van der Waals surface area contributed by atoms with Gasteiger partial charge >= 0.3 is 6.36 Å². The summed E-state index contributed by atoms with van der Waals surface area (Å²) in [4.78, 5) is 11.7. The summed E-state index contributed by atoms with van der Waals surface area (Å²) in [6.45, 7) is 0. The molecule has 132 valence electrons. The first-order chi connectivity index (χ1) is 11.7. The zero-order valence-corrected chi connectivity index (χ0v) is 12.1. The number of benzene rings is 2. The predicted molar refractivity (Wildman–Crippen MR) is 74.5 cm³/mol. The zero-order chi connectivity index (χ0) is 18.6. The van der Waals surface area contributed by atoms with Gasteiger partial charge in [-0.3, -0.25) is 4.79 Å². The number of carbonyl (C=O) groups is 1. The Morgan fingerprint density at radius 1 is 1.00 bits per heavy atom. The molecule has 2 aromatic rings. The van der Waals surface area contributed by atoms with Crippen LogP contribution in [0, 0.1) is 17.5 Å². The number of ether oxygens (including phenoxy) is 1. The number of rotatable bonds is 4. The Hall–Kier alpha value is -3.04. The molecule has 10 heteroatoms. The molecule has 25 heavy (non-hydrogen) atoms. The molecule has 0 bridgehead atoms. The topological polar surface area (TPSA) is 50.7 Å². The maximum absolute atomic E-state index is 13.3. The number of nitrogens with zero attached hydrogens (tertiary/aromatic N) is 1. The van der Waals surface area contributed by atoms with E-state index < -0.39 is 41.0 Å². The molecule has 0 aliphatic carbocycles. The van der Waals surface area contributed by atoms with Crippen molar-refractivity contribution in [1.29, 1.82) is 0 Å². The highest BCUT2D eigenvalue weighted by Crippen LogP contribution is 2.22. The second-order valence-electron chi connectivity index (χ2n) is 4.56. The summed E-state index contributed by atoms with van der Waals surface area (Å²) in [6.07, 6.45) is -4.11. The van der Waals surface area contributed by atoms with Crippen LogP contribution in [-0.2, 0) is 0 Å². The zero-order valence-electron chi connectivity index (χ0n) is 12.1. The Balaban J connectivity index is 2.01. The minimum Gasteiger partial charge on any atom is -0.406 e. The molecule has 0 spiro atoms. The molecule has 0 fully saturated rings. The third kappa shape index (κ3) is 5.23. The second kappa shape index (κ2) is 7.24. The lowest BCUT2D eigenvalue weighted by atomic mass is 10.2. The van der Waals surface area contributed by atoms with Gasteiger partial charge in [0, 0.05) is 17.2 Å². The lowest BCUT2D eigenvalue weighted by Gasteiger charge is -2.08. The number of halogens is 6. The molecule has 4 nitrogen and oxygen atoms in total. The van der Waals surface area contributed by atoms with E-state index in [2.05, 4.69) is 9.84 Å². The van der Waals surface area contributed by atoms with Gasteiger partial charge in [-0.05, 0) is 30.3 Å². The van der Waals surface area contributed by atoms with Crippen LogP contribution in [0.4, 0.5) is 26.3 Å². The maximum atomic E-state index is 13.3. The summed E-state index contributed by atoms with van der Waals surface area (Å²) in [7, 11) is 0. The lowest BCUT2D eigenvalue weighted by molar-refractivity contribution is -0.274. The molecule has 2 rings (SSSR count). The highest BCUT2D eigenvalue weighted by molar-refractivity contribution is 5.95. The Kier molecular flexibility index (Phi) is 5.30. The van der Waals surface area contributed by atoms with Crippen LogP contribution >= 0.6 is 0 Å². The Morgan fingerprint density at radius 3 is 2.20 bits per heavy atom. The maximum Gasteiger partial charge on any atom is 0.573 e. The van der Waals surface area contributed by atoms with Crippen molar-refractivity contribution < 1.29 is 35.9 Å². The molecule has 1 amide bonds. The Morgan fingerprint density at radius 2 is 1.60 bits per heavy atom. The third-order valence-corrected chi connectivity index (χ3v) is 2.76.